The van der Waals surface area contributed by atoms with Gasteiger partial charge in [0.25, 0.3) is 5.91 Å². The van der Waals surface area contributed by atoms with Crippen LogP contribution in [0.25, 0.3) is 22.2 Å². The molecule has 216 valence electrons. The molecule has 0 aliphatic heterocycles. The molecule has 0 spiro atoms. The van der Waals surface area contributed by atoms with Crippen LogP contribution >= 0.6 is 0 Å². The molecule has 0 aliphatic rings. The monoisotopic (exact) mass is 576 g/mol. The number of nitrogens with one attached hydrogen (secondary N) is 2. The zero-order valence-electron chi connectivity index (χ0n) is 22.3. The molecule has 0 aliphatic carbocycles. The normalized spacial score (nSPS) is 12.6. The minimum Gasteiger partial charge on any atom is -0.438 e. The topological polar surface area (TPSA) is 117 Å². The Bertz CT molecular complexity index is 1700. The maximum absolute atomic E-state index is 14.2. The molecular formula is C28H25F5N4O4. The van der Waals surface area contributed by atoms with Crippen LogP contribution in [0, 0.1) is 31.4 Å². The Hall–Kier alpha value is -4.39. The van der Waals surface area contributed by atoms with Crippen molar-refractivity contribution in [3.63, 3.8) is 0 Å². The van der Waals surface area contributed by atoms with Crippen molar-refractivity contribution < 1.29 is 36.6 Å². The van der Waals surface area contributed by atoms with Crippen molar-refractivity contribution in [2.75, 3.05) is 6.61 Å². The molecule has 0 saturated heterocycles. The van der Waals surface area contributed by atoms with Gasteiger partial charge in [0.05, 0.1) is 40.4 Å². The molecule has 4 aromatic rings. The molecule has 0 fully saturated rings. The lowest BCUT2D eigenvalue weighted by Gasteiger charge is -2.20. The van der Waals surface area contributed by atoms with Crippen LogP contribution in [0.2, 0.25) is 0 Å². The molecule has 0 bridgehead atoms. The molecule has 3 aromatic heterocycles. The average molecular weight is 577 g/mol. The number of carbonyl (C=O) groups is 1. The molecule has 1 aromatic carbocycles. The van der Waals surface area contributed by atoms with E-state index in [2.05, 4.69) is 20.3 Å². The second-order valence-electron chi connectivity index (χ2n) is 9.70. The summed E-state index contributed by atoms with van der Waals surface area (Å²) < 4.78 is 74.9. The number of aliphatic hydroxyl groups is 1. The van der Waals surface area contributed by atoms with Crippen LogP contribution in [0.3, 0.4) is 0 Å². The lowest BCUT2D eigenvalue weighted by Crippen LogP contribution is -2.41. The fraction of sp³-hybridized carbons (Fsp3) is 0.286. The van der Waals surface area contributed by atoms with E-state index in [1.807, 2.05) is 0 Å². The molecule has 3 N–H and O–H groups in total. The number of aliphatic hydroxyl groups excluding tert-OH is 1. The number of aromatic amines is 1. The van der Waals surface area contributed by atoms with E-state index in [-0.39, 0.29) is 57.3 Å². The van der Waals surface area contributed by atoms with Gasteiger partial charge in [-0.2, -0.15) is 13.2 Å². The second kappa shape index (κ2) is 11.2. The standard InChI is InChI=1S/C28H25F5N4O4/c1-12(2)19(11-38)37-26(40)25-23-17(7-8-34-25)36-18(9-20(23)39)22-13(3)15(28(31,32)33)10-35-27(22)41-21-6-5-16(29)24(30)14(21)4/h5-10,12,19,38H,11H2,1-4H3,(H,36,39)(H,37,40)/t19-/m1/s1. The summed E-state index contributed by atoms with van der Waals surface area (Å²) in [5.74, 6) is -3.81. The third-order valence-corrected chi connectivity index (χ3v) is 6.65. The first-order chi connectivity index (χ1) is 19.2. The highest BCUT2D eigenvalue weighted by Gasteiger charge is 2.35. The Morgan fingerprint density at radius 3 is 2.46 bits per heavy atom. The first kappa shape index (κ1) is 29.6. The molecule has 13 heteroatoms. The highest BCUT2D eigenvalue weighted by molar-refractivity contribution is 6.04. The van der Waals surface area contributed by atoms with Crippen LogP contribution in [0.4, 0.5) is 22.0 Å². The first-order valence-corrected chi connectivity index (χ1v) is 12.4. The third kappa shape index (κ3) is 5.75. The summed E-state index contributed by atoms with van der Waals surface area (Å²) in [6, 6.07) is 3.62. The Kier molecular flexibility index (Phi) is 8.11. The zero-order valence-corrected chi connectivity index (χ0v) is 22.3. The number of fused-ring (bicyclic) bond motifs is 1. The number of aromatic nitrogens is 3. The number of alkyl halides is 3. The number of amides is 1. The number of ether oxygens (including phenoxy) is 1. The Morgan fingerprint density at radius 1 is 1.12 bits per heavy atom. The number of halogens is 5. The van der Waals surface area contributed by atoms with Gasteiger partial charge in [0, 0.05) is 24.0 Å². The molecule has 0 unspecified atom stereocenters. The number of pyridine rings is 3. The summed E-state index contributed by atoms with van der Waals surface area (Å²) >= 11 is 0. The van der Waals surface area contributed by atoms with Crippen molar-refractivity contribution in [1.29, 1.82) is 0 Å². The van der Waals surface area contributed by atoms with Gasteiger partial charge in [-0.05, 0) is 43.5 Å². The fourth-order valence-electron chi connectivity index (χ4n) is 4.28. The van der Waals surface area contributed by atoms with Crippen molar-refractivity contribution >= 4 is 16.8 Å². The first-order valence-electron chi connectivity index (χ1n) is 12.4. The summed E-state index contributed by atoms with van der Waals surface area (Å²) in [6.07, 6.45) is -3.03. The van der Waals surface area contributed by atoms with Crippen molar-refractivity contribution in [2.45, 2.75) is 39.9 Å². The minimum absolute atomic E-state index is 0.0736. The van der Waals surface area contributed by atoms with E-state index in [9.17, 15) is 36.6 Å². The van der Waals surface area contributed by atoms with Gasteiger partial charge in [0.1, 0.15) is 11.4 Å². The van der Waals surface area contributed by atoms with Gasteiger partial charge in [-0.3, -0.25) is 14.6 Å². The van der Waals surface area contributed by atoms with E-state index < -0.39 is 46.6 Å². The number of hydrogen-bond acceptors (Lipinski definition) is 6. The van der Waals surface area contributed by atoms with Gasteiger partial charge in [-0.15, -0.1) is 0 Å². The molecule has 41 heavy (non-hydrogen) atoms. The van der Waals surface area contributed by atoms with Gasteiger partial charge < -0.3 is 20.1 Å². The Labute approximate surface area is 230 Å². The molecule has 0 radical (unpaired) electrons. The predicted molar refractivity (Wildman–Crippen MR) is 140 cm³/mol. The van der Waals surface area contributed by atoms with E-state index in [1.165, 1.54) is 19.2 Å². The van der Waals surface area contributed by atoms with Crippen molar-refractivity contribution in [1.82, 2.24) is 20.3 Å². The van der Waals surface area contributed by atoms with Gasteiger partial charge in [-0.25, -0.2) is 13.8 Å². The summed E-state index contributed by atoms with van der Waals surface area (Å²) in [4.78, 5) is 36.9. The van der Waals surface area contributed by atoms with E-state index in [1.54, 1.807) is 13.8 Å². The molecular weight excluding hydrogens is 551 g/mol. The number of carbonyl (C=O) groups excluding carboxylic acids is 1. The number of nitrogens with zero attached hydrogens (tertiary/aromatic N) is 2. The van der Waals surface area contributed by atoms with Gasteiger partial charge in [0.2, 0.25) is 5.88 Å². The lowest BCUT2D eigenvalue weighted by molar-refractivity contribution is -0.138. The van der Waals surface area contributed by atoms with Crippen LogP contribution in [0.15, 0.2) is 41.5 Å². The van der Waals surface area contributed by atoms with E-state index >= 15 is 0 Å². The third-order valence-electron chi connectivity index (χ3n) is 6.65. The van der Waals surface area contributed by atoms with Crippen LogP contribution in [0.5, 0.6) is 11.6 Å². The number of benzene rings is 1. The van der Waals surface area contributed by atoms with Crippen molar-refractivity contribution in [2.24, 2.45) is 5.92 Å². The van der Waals surface area contributed by atoms with Crippen LogP contribution < -0.4 is 15.5 Å². The van der Waals surface area contributed by atoms with Crippen LogP contribution in [-0.4, -0.2) is 38.6 Å². The van der Waals surface area contributed by atoms with Gasteiger partial charge in [-0.1, -0.05) is 13.8 Å². The second-order valence-corrected chi connectivity index (χ2v) is 9.70. The van der Waals surface area contributed by atoms with Crippen molar-refractivity contribution in [3.05, 3.63) is 80.9 Å². The van der Waals surface area contributed by atoms with E-state index in [0.717, 1.165) is 25.1 Å². The van der Waals surface area contributed by atoms with Crippen LogP contribution in [-0.2, 0) is 6.18 Å². The minimum atomic E-state index is -4.81. The maximum atomic E-state index is 14.2. The largest absolute Gasteiger partial charge is 0.438 e. The fourth-order valence-corrected chi connectivity index (χ4v) is 4.28. The molecule has 1 amide bonds. The lowest BCUT2D eigenvalue weighted by atomic mass is 10.0. The Balaban J connectivity index is 1.91. The maximum Gasteiger partial charge on any atom is 0.418 e. The van der Waals surface area contributed by atoms with Crippen LogP contribution in [0.1, 0.15) is 41.0 Å². The van der Waals surface area contributed by atoms with E-state index in [0.29, 0.717) is 6.20 Å². The summed E-state index contributed by atoms with van der Waals surface area (Å²) in [5, 5.41) is 12.0. The Morgan fingerprint density at radius 2 is 1.83 bits per heavy atom. The SMILES string of the molecule is Cc1c(Oc2ncc(C(F)(F)F)c(C)c2-c2cc(=O)c3c(C(=O)N[C@H](CO)C(C)C)nccc3[nH]2)ccc(F)c1F. The highest BCUT2D eigenvalue weighted by atomic mass is 19.4. The molecule has 3 heterocycles. The van der Waals surface area contributed by atoms with Gasteiger partial charge >= 0.3 is 6.18 Å². The van der Waals surface area contributed by atoms with Gasteiger partial charge in [0.15, 0.2) is 17.1 Å². The smallest absolute Gasteiger partial charge is 0.418 e. The molecule has 8 nitrogen and oxygen atoms in total. The van der Waals surface area contributed by atoms with E-state index in [4.69, 9.17) is 4.74 Å². The predicted octanol–water partition coefficient (Wildman–Crippen LogP) is 5.44. The molecule has 4 rings (SSSR count). The molecule has 0 saturated carbocycles. The number of rotatable bonds is 7. The van der Waals surface area contributed by atoms with Crippen molar-refractivity contribution in [3.8, 4) is 22.9 Å². The quantitative estimate of drug-likeness (QED) is 0.253. The number of H-pyrrole nitrogens is 1. The highest BCUT2D eigenvalue weighted by Crippen LogP contribution is 2.41. The summed E-state index contributed by atoms with van der Waals surface area (Å²) in [6.45, 7) is 5.59. The zero-order chi connectivity index (χ0) is 30.2. The number of hydrogen-bond donors (Lipinski definition) is 3. The molecule has 1 atom stereocenters. The average Bonchev–Trinajstić information content (AvgIpc) is 2.90. The summed E-state index contributed by atoms with van der Waals surface area (Å²) in [5.41, 5.74) is -3.02. The summed E-state index contributed by atoms with van der Waals surface area (Å²) in [7, 11) is 0.